The molecule has 0 amide bonds. The van der Waals surface area contributed by atoms with E-state index in [1.165, 1.54) is 7.11 Å². The lowest BCUT2D eigenvalue weighted by atomic mass is 9.82. The fraction of sp³-hybridized carbons (Fsp3) is 0.810. The first-order valence-electron chi connectivity index (χ1n) is 20.6. The summed E-state index contributed by atoms with van der Waals surface area (Å²) in [4.78, 5) is 52.1. The Bertz CT molecular complexity index is 1380. The fourth-order valence-electron chi connectivity index (χ4n) is 8.07. The molecule has 16 atom stereocenters. The van der Waals surface area contributed by atoms with Gasteiger partial charge in [-0.2, -0.15) is 0 Å². The summed E-state index contributed by atoms with van der Waals surface area (Å²) in [6, 6.07) is -0.783. The van der Waals surface area contributed by atoms with Crippen molar-refractivity contribution in [3.63, 3.8) is 0 Å². The zero-order valence-corrected chi connectivity index (χ0v) is 35.9. The van der Waals surface area contributed by atoms with Gasteiger partial charge in [0.25, 0.3) is 0 Å². The minimum atomic E-state index is -1.45. The van der Waals surface area contributed by atoms with Crippen LogP contribution >= 0.6 is 0 Å². The van der Waals surface area contributed by atoms with E-state index in [-0.39, 0.29) is 38.0 Å². The van der Waals surface area contributed by atoms with Crippen LogP contribution < -0.4 is 0 Å². The van der Waals surface area contributed by atoms with E-state index in [0.717, 1.165) is 0 Å². The van der Waals surface area contributed by atoms with E-state index in [1.54, 1.807) is 71.8 Å². The summed E-state index contributed by atoms with van der Waals surface area (Å²) in [6.45, 7) is 12.2. The van der Waals surface area contributed by atoms with Crippen LogP contribution in [0, 0.1) is 11.8 Å². The summed E-state index contributed by atoms with van der Waals surface area (Å²) in [5.41, 5.74) is -1.30. The third-order valence-electron chi connectivity index (χ3n) is 11.1. The Morgan fingerprint density at radius 3 is 2.31 bits per heavy atom. The number of nitrogens with zero attached hydrogens (tertiary/aromatic N) is 1. The Morgan fingerprint density at radius 2 is 1.69 bits per heavy atom. The van der Waals surface area contributed by atoms with Gasteiger partial charge in [-0.25, -0.2) is 0 Å². The van der Waals surface area contributed by atoms with Crippen molar-refractivity contribution in [1.82, 2.24) is 4.90 Å². The number of likely N-dealkylation sites (N-methyl/N-ethyl adjacent to an activating group) is 1. The summed E-state index contributed by atoms with van der Waals surface area (Å²) in [6.07, 6.45) is -3.49. The van der Waals surface area contributed by atoms with E-state index < -0.39 is 116 Å². The summed E-state index contributed by atoms with van der Waals surface area (Å²) >= 11 is 0. The molecule has 0 aliphatic carbocycles. The van der Waals surface area contributed by atoms with Crippen LogP contribution in [0.25, 0.3) is 0 Å². The number of ether oxygens (including phenoxy) is 8. The summed E-state index contributed by atoms with van der Waals surface area (Å²) < 4.78 is 48.8. The number of hydrogen-bond acceptors (Lipinski definition) is 16. The van der Waals surface area contributed by atoms with Crippen molar-refractivity contribution in [3.8, 4) is 0 Å². The van der Waals surface area contributed by atoms with Crippen molar-refractivity contribution >= 4 is 24.2 Å². The highest BCUT2D eigenvalue weighted by Crippen LogP contribution is 2.39. The number of rotatable bonds is 13. The van der Waals surface area contributed by atoms with Crippen molar-refractivity contribution < 1.29 is 72.4 Å². The predicted octanol–water partition coefficient (Wildman–Crippen LogP) is 3.16. The minimum absolute atomic E-state index is 0.00608. The molecule has 2 saturated heterocycles. The molecule has 0 bridgehead atoms. The van der Waals surface area contributed by atoms with E-state index in [4.69, 9.17) is 37.9 Å². The monoisotopic (exact) mass is 827 g/mol. The maximum absolute atomic E-state index is 12.9. The number of carbonyl (C=O) groups excluding carboxylic acids is 4. The second kappa shape index (κ2) is 23.3. The number of esters is 3. The van der Waals surface area contributed by atoms with Crippen LogP contribution in [0.4, 0.5) is 0 Å². The molecule has 58 heavy (non-hydrogen) atoms. The van der Waals surface area contributed by atoms with Gasteiger partial charge in [0.05, 0.1) is 43.0 Å². The van der Waals surface area contributed by atoms with Crippen molar-refractivity contribution in [1.29, 1.82) is 0 Å². The van der Waals surface area contributed by atoms with Crippen LogP contribution in [0.1, 0.15) is 99.8 Å². The van der Waals surface area contributed by atoms with Gasteiger partial charge in [-0.1, -0.05) is 45.1 Å². The molecule has 0 aromatic heterocycles. The van der Waals surface area contributed by atoms with Gasteiger partial charge in [0.2, 0.25) is 0 Å². The second-order valence-electron chi connectivity index (χ2n) is 16.3. The molecule has 0 aromatic carbocycles. The Morgan fingerprint density at radius 1 is 0.983 bits per heavy atom. The Hall–Kier alpha value is -2.80. The number of carbonyl (C=O) groups is 4. The molecule has 0 unspecified atom stereocenters. The number of allylic oxidation sites excluding steroid dienone is 2. The Labute approximate surface area is 343 Å². The highest BCUT2D eigenvalue weighted by Gasteiger charge is 2.54. The smallest absolute Gasteiger partial charge is 0.308 e. The van der Waals surface area contributed by atoms with E-state index in [1.807, 2.05) is 19.9 Å². The van der Waals surface area contributed by atoms with Crippen LogP contribution in [0.2, 0.25) is 0 Å². The Balaban J connectivity index is 1.95. The van der Waals surface area contributed by atoms with Gasteiger partial charge < -0.3 is 62.9 Å². The molecule has 3 aliphatic rings. The number of methoxy groups -OCH3 is 1. The molecule has 16 nitrogen and oxygen atoms in total. The van der Waals surface area contributed by atoms with Crippen molar-refractivity contribution in [2.24, 2.45) is 11.8 Å². The van der Waals surface area contributed by atoms with E-state index in [2.05, 4.69) is 0 Å². The zero-order chi connectivity index (χ0) is 43.3. The van der Waals surface area contributed by atoms with Crippen LogP contribution in [0.3, 0.4) is 0 Å². The minimum Gasteiger partial charge on any atom is -0.462 e. The number of aldehydes is 1. The van der Waals surface area contributed by atoms with Crippen LogP contribution in [-0.2, 0) is 57.1 Å². The third-order valence-corrected chi connectivity index (χ3v) is 11.1. The number of aliphatic hydroxyl groups is 3. The lowest BCUT2D eigenvalue weighted by Crippen LogP contribution is -2.66. The van der Waals surface area contributed by atoms with Crippen molar-refractivity contribution in [3.05, 3.63) is 24.3 Å². The van der Waals surface area contributed by atoms with E-state index >= 15 is 0 Å². The quantitative estimate of drug-likeness (QED) is 0.139. The maximum atomic E-state index is 12.9. The molecule has 0 spiro atoms. The first-order chi connectivity index (χ1) is 27.4. The van der Waals surface area contributed by atoms with Crippen molar-refractivity contribution in [2.75, 3.05) is 21.2 Å². The molecule has 0 saturated carbocycles. The van der Waals surface area contributed by atoms with Gasteiger partial charge in [0.15, 0.2) is 24.3 Å². The molecule has 3 heterocycles. The molecule has 16 heteroatoms. The summed E-state index contributed by atoms with van der Waals surface area (Å²) in [5, 5.41) is 34.5. The highest BCUT2D eigenvalue weighted by molar-refractivity contribution is 5.71. The van der Waals surface area contributed by atoms with Gasteiger partial charge in [-0.15, -0.1) is 0 Å². The summed E-state index contributed by atoms with van der Waals surface area (Å²) in [7, 11) is 4.85. The van der Waals surface area contributed by atoms with Gasteiger partial charge in [-0.05, 0) is 66.5 Å². The first-order valence-corrected chi connectivity index (χ1v) is 20.6. The molecular weight excluding hydrogens is 758 g/mol. The average Bonchev–Trinajstić information content (AvgIpc) is 3.13. The molecule has 3 N–H and O–H groups in total. The van der Waals surface area contributed by atoms with E-state index in [0.29, 0.717) is 19.1 Å². The SMILES string of the molecule is CCCC(=O)O[C@H]1[C@H](C)O[C@@H](O[C@H]2[C@H](N(C)C)[C@@H](O)[C@H](O[C@H]3[C@@H](CC=O)C[C@@H](C)[C@@H](O)/C=C/C=C\C[C@@H](C)OC(=O)C[C@@H](O)[C@H]3OC)O[C@@H]2C)C[C@@]1(C)OC(=O)CC. The number of aliphatic hydroxyl groups excluding tert-OH is 3. The molecule has 0 radical (unpaired) electrons. The molecule has 3 aliphatic heterocycles. The number of cyclic esters (lactones) is 1. The molecule has 2 fully saturated rings. The topological polar surface area (TPSA) is 206 Å². The van der Waals surface area contributed by atoms with Gasteiger partial charge in [0, 0.05) is 39.2 Å². The maximum Gasteiger partial charge on any atom is 0.308 e. The number of hydrogen-bond donors (Lipinski definition) is 3. The average molecular weight is 828 g/mol. The normalized spacial score (nSPS) is 40.6. The standard InChI is InChI=1S/C42H69NO15/c1-11-16-32(48)55-40-27(6)53-34(23-42(40,7)58-31(47)12-2)56-37-26(5)54-41(36(50)35(37)43(8)9)57-38-28(19-20-44)21-24(3)29(45)18-15-13-14-17-25(4)52-33(49)22-30(46)39(38)51-10/h13-15,18,20,24-30,34-41,45-46,50H,11-12,16-17,19,21-23H2,1-10H3/b14-13-,18-15+/t24-,25-,26-,27+,28+,29+,30-,34+,35-,36-,37-,38+,39-,40+,41+,42-/m1/s1. The predicted molar refractivity (Wildman–Crippen MR) is 210 cm³/mol. The first kappa shape index (κ1) is 49.6. The van der Waals surface area contributed by atoms with E-state index in [9.17, 15) is 34.5 Å². The van der Waals surface area contributed by atoms with Gasteiger partial charge in [0.1, 0.15) is 30.7 Å². The fourth-order valence-corrected chi connectivity index (χ4v) is 8.07. The highest BCUT2D eigenvalue weighted by atomic mass is 16.7. The lowest BCUT2D eigenvalue weighted by molar-refractivity contribution is -0.344. The zero-order valence-electron chi connectivity index (χ0n) is 35.9. The van der Waals surface area contributed by atoms with Crippen LogP contribution in [-0.4, -0.2) is 151 Å². The van der Waals surface area contributed by atoms with Crippen LogP contribution in [0.5, 0.6) is 0 Å². The lowest BCUT2D eigenvalue weighted by Gasteiger charge is -2.50. The van der Waals surface area contributed by atoms with Crippen molar-refractivity contribution in [2.45, 2.75) is 185 Å². The molecular formula is C42H69NO15. The molecule has 0 aromatic rings. The largest absolute Gasteiger partial charge is 0.462 e. The molecule has 3 rings (SSSR count). The molecule has 332 valence electrons. The van der Waals surface area contributed by atoms with Gasteiger partial charge >= 0.3 is 17.9 Å². The third kappa shape index (κ3) is 13.6. The Kier molecular flexibility index (Phi) is 19.9. The van der Waals surface area contributed by atoms with Crippen LogP contribution in [0.15, 0.2) is 24.3 Å². The second-order valence-corrected chi connectivity index (χ2v) is 16.3. The summed E-state index contributed by atoms with van der Waals surface area (Å²) in [5.74, 6) is -2.64. The van der Waals surface area contributed by atoms with Gasteiger partial charge in [-0.3, -0.25) is 14.4 Å².